The maximum Gasteiger partial charge on any atom is 0.171 e. The Morgan fingerprint density at radius 2 is 1.76 bits per heavy atom. The molecule has 2 aromatic rings. The van der Waals surface area contributed by atoms with Gasteiger partial charge < -0.3 is 19.7 Å². The number of rotatable bonds is 4. The first-order valence-corrected chi connectivity index (χ1v) is 8.70. The van der Waals surface area contributed by atoms with Gasteiger partial charge in [-0.2, -0.15) is 0 Å². The lowest BCUT2D eigenvalue weighted by Crippen LogP contribution is -2.45. The lowest BCUT2D eigenvalue weighted by atomic mass is 10.0. The van der Waals surface area contributed by atoms with E-state index in [9.17, 15) is 4.39 Å². The van der Waals surface area contributed by atoms with Gasteiger partial charge in [-0.25, -0.2) is 9.37 Å². The number of ether oxygens (including phenoxy) is 2. The number of piperidine rings is 1. The normalized spacial score (nSPS) is 19.3. The Labute approximate surface area is 146 Å². The van der Waals surface area contributed by atoms with E-state index < -0.39 is 0 Å². The summed E-state index contributed by atoms with van der Waals surface area (Å²) in [5, 5.41) is 3.31. The predicted octanol–water partition coefficient (Wildman–Crippen LogP) is 3.18. The molecule has 2 fully saturated rings. The van der Waals surface area contributed by atoms with Gasteiger partial charge in [-0.1, -0.05) is 12.1 Å². The minimum Gasteiger partial charge on any atom is -0.380 e. The van der Waals surface area contributed by atoms with Gasteiger partial charge in [0, 0.05) is 32.5 Å². The molecule has 0 amide bonds. The lowest BCUT2D eigenvalue weighted by Gasteiger charge is -2.38. The SMILES string of the molecule is Fc1ccc(CNc2ccc(N3CCC4(CC3)OCCO4)nc2)cc1. The maximum atomic E-state index is 12.9. The number of halogens is 1. The first-order chi connectivity index (χ1) is 12.2. The van der Waals surface area contributed by atoms with Crippen LogP contribution in [0.1, 0.15) is 18.4 Å². The summed E-state index contributed by atoms with van der Waals surface area (Å²) in [4.78, 5) is 6.83. The highest BCUT2D eigenvalue weighted by Gasteiger charge is 2.39. The van der Waals surface area contributed by atoms with Crippen molar-refractivity contribution in [3.63, 3.8) is 0 Å². The Balaban J connectivity index is 1.32. The van der Waals surface area contributed by atoms with Crippen LogP contribution < -0.4 is 10.2 Å². The van der Waals surface area contributed by atoms with E-state index in [4.69, 9.17) is 9.47 Å². The van der Waals surface area contributed by atoms with E-state index in [2.05, 4.69) is 15.2 Å². The van der Waals surface area contributed by atoms with Crippen LogP contribution in [0.4, 0.5) is 15.9 Å². The molecule has 0 atom stereocenters. The molecule has 4 rings (SSSR count). The van der Waals surface area contributed by atoms with Crippen LogP contribution in [0.2, 0.25) is 0 Å². The largest absolute Gasteiger partial charge is 0.380 e. The van der Waals surface area contributed by atoms with Crippen molar-refractivity contribution >= 4 is 11.5 Å². The third-order valence-electron chi connectivity index (χ3n) is 4.82. The maximum absolute atomic E-state index is 12.9. The molecule has 0 unspecified atom stereocenters. The number of nitrogens with zero attached hydrogens (tertiary/aromatic N) is 2. The second-order valence-corrected chi connectivity index (χ2v) is 6.48. The molecule has 0 saturated carbocycles. The molecular formula is C19H22FN3O2. The van der Waals surface area contributed by atoms with Crippen LogP contribution in [0.25, 0.3) is 0 Å². The Bertz CT molecular complexity index is 690. The molecule has 1 spiro atoms. The molecule has 0 aliphatic carbocycles. The molecule has 1 aromatic carbocycles. The third-order valence-corrected chi connectivity index (χ3v) is 4.82. The average molecular weight is 343 g/mol. The van der Waals surface area contributed by atoms with Crippen molar-refractivity contribution in [2.24, 2.45) is 0 Å². The molecule has 0 radical (unpaired) electrons. The molecule has 5 nitrogen and oxygen atoms in total. The summed E-state index contributed by atoms with van der Waals surface area (Å²) in [5.41, 5.74) is 1.98. The van der Waals surface area contributed by atoms with Gasteiger partial charge in [-0.05, 0) is 29.8 Å². The molecule has 25 heavy (non-hydrogen) atoms. The Kier molecular flexibility index (Phi) is 4.55. The second kappa shape index (κ2) is 6.98. The molecule has 2 saturated heterocycles. The molecular weight excluding hydrogens is 321 g/mol. The van der Waals surface area contributed by atoms with Crippen molar-refractivity contribution < 1.29 is 13.9 Å². The van der Waals surface area contributed by atoms with Gasteiger partial charge in [0.15, 0.2) is 5.79 Å². The van der Waals surface area contributed by atoms with Crippen LogP contribution in [0.15, 0.2) is 42.6 Å². The van der Waals surface area contributed by atoms with Gasteiger partial charge in [0.2, 0.25) is 0 Å². The molecule has 1 N–H and O–H groups in total. The van der Waals surface area contributed by atoms with Gasteiger partial charge in [-0.3, -0.25) is 0 Å². The quantitative estimate of drug-likeness (QED) is 0.924. The van der Waals surface area contributed by atoms with Crippen LogP contribution in [0.5, 0.6) is 0 Å². The van der Waals surface area contributed by atoms with Crippen molar-refractivity contribution in [3.05, 3.63) is 54.0 Å². The van der Waals surface area contributed by atoms with Crippen LogP contribution >= 0.6 is 0 Å². The fourth-order valence-electron chi connectivity index (χ4n) is 3.35. The van der Waals surface area contributed by atoms with E-state index >= 15 is 0 Å². The Hall–Kier alpha value is -2.18. The lowest BCUT2D eigenvalue weighted by molar-refractivity contribution is -0.169. The van der Waals surface area contributed by atoms with Gasteiger partial charge in [0.25, 0.3) is 0 Å². The summed E-state index contributed by atoms with van der Waals surface area (Å²) in [7, 11) is 0. The van der Waals surface area contributed by atoms with Crippen molar-refractivity contribution in [2.75, 3.05) is 36.5 Å². The number of hydrogen-bond donors (Lipinski definition) is 1. The minimum absolute atomic E-state index is 0.216. The van der Waals surface area contributed by atoms with Crippen molar-refractivity contribution in [2.45, 2.75) is 25.2 Å². The zero-order chi connectivity index (χ0) is 17.1. The summed E-state index contributed by atoms with van der Waals surface area (Å²) in [5.74, 6) is 0.402. The number of hydrogen-bond acceptors (Lipinski definition) is 5. The molecule has 0 bridgehead atoms. The van der Waals surface area contributed by atoms with E-state index in [1.165, 1.54) is 12.1 Å². The van der Waals surface area contributed by atoms with E-state index in [-0.39, 0.29) is 11.6 Å². The zero-order valence-electron chi connectivity index (χ0n) is 14.1. The number of pyridine rings is 1. The summed E-state index contributed by atoms with van der Waals surface area (Å²) in [6, 6.07) is 10.6. The van der Waals surface area contributed by atoms with E-state index in [0.29, 0.717) is 19.8 Å². The fourth-order valence-corrected chi connectivity index (χ4v) is 3.35. The van der Waals surface area contributed by atoms with Crippen LogP contribution in [0, 0.1) is 5.82 Å². The minimum atomic E-state index is -0.354. The van der Waals surface area contributed by atoms with Crippen LogP contribution in [0.3, 0.4) is 0 Å². The first kappa shape index (κ1) is 16.3. The molecule has 2 aliphatic rings. The first-order valence-electron chi connectivity index (χ1n) is 8.70. The highest BCUT2D eigenvalue weighted by atomic mass is 19.1. The molecule has 1 aromatic heterocycles. The molecule has 132 valence electrons. The van der Waals surface area contributed by atoms with Crippen LogP contribution in [-0.4, -0.2) is 37.1 Å². The van der Waals surface area contributed by atoms with Gasteiger partial charge in [0.1, 0.15) is 11.6 Å². The van der Waals surface area contributed by atoms with E-state index in [1.54, 1.807) is 12.1 Å². The average Bonchev–Trinajstić information content (AvgIpc) is 3.10. The Morgan fingerprint density at radius 3 is 2.40 bits per heavy atom. The van der Waals surface area contributed by atoms with Crippen molar-refractivity contribution in [1.82, 2.24) is 4.98 Å². The van der Waals surface area contributed by atoms with E-state index in [1.807, 2.05) is 18.3 Å². The number of nitrogens with one attached hydrogen (secondary N) is 1. The molecule has 2 aliphatic heterocycles. The van der Waals surface area contributed by atoms with Gasteiger partial charge in [0.05, 0.1) is 25.1 Å². The summed E-state index contributed by atoms with van der Waals surface area (Å²) >= 11 is 0. The topological polar surface area (TPSA) is 46.6 Å². The summed E-state index contributed by atoms with van der Waals surface area (Å²) < 4.78 is 24.4. The van der Waals surface area contributed by atoms with Gasteiger partial charge >= 0.3 is 0 Å². The number of anilines is 2. The monoisotopic (exact) mass is 343 g/mol. The summed E-state index contributed by atoms with van der Waals surface area (Å²) in [6.07, 6.45) is 3.59. The fraction of sp³-hybridized carbons (Fsp3) is 0.421. The number of aromatic nitrogens is 1. The van der Waals surface area contributed by atoms with Crippen molar-refractivity contribution in [3.8, 4) is 0 Å². The van der Waals surface area contributed by atoms with Crippen molar-refractivity contribution in [1.29, 1.82) is 0 Å². The molecule has 6 heteroatoms. The highest BCUT2D eigenvalue weighted by Crippen LogP contribution is 2.32. The van der Waals surface area contributed by atoms with Gasteiger partial charge in [-0.15, -0.1) is 0 Å². The predicted molar refractivity (Wildman–Crippen MR) is 94.0 cm³/mol. The zero-order valence-corrected chi connectivity index (χ0v) is 14.1. The van der Waals surface area contributed by atoms with E-state index in [0.717, 1.165) is 43.0 Å². The smallest absolute Gasteiger partial charge is 0.171 e. The van der Waals surface area contributed by atoms with Crippen LogP contribution in [-0.2, 0) is 16.0 Å². The standard InChI is InChI=1S/C19H22FN3O2/c20-16-3-1-15(2-4-16)13-21-17-5-6-18(22-14-17)23-9-7-19(8-10-23)24-11-12-25-19/h1-6,14,21H,7-13H2. The second-order valence-electron chi connectivity index (χ2n) is 6.48. The Morgan fingerprint density at radius 1 is 1.04 bits per heavy atom. The summed E-state index contributed by atoms with van der Waals surface area (Å²) in [6.45, 7) is 3.81. The molecule has 3 heterocycles. The number of benzene rings is 1. The highest BCUT2D eigenvalue weighted by molar-refractivity contribution is 5.49. The third kappa shape index (κ3) is 3.75.